The number of halogens is 2. The number of hydrogen-bond donors (Lipinski definition) is 1. The Kier molecular flexibility index (Phi) is 6.52. The van der Waals surface area contributed by atoms with Crippen molar-refractivity contribution in [2.24, 2.45) is 5.41 Å². The Morgan fingerprint density at radius 2 is 1.88 bits per heavy atom. The van der Waals surface area contributed by atoms with E-state index in [1.807, 2.05) is 13.0 Å². The van der Waals surface area contributed by atoms with E-state index in [1.165, 1.54) is 25.4 Å². The lowest BCUT2D eigenvalue weighted by atomic mass is 10.0. The maximum atomic E-state index is 15.4. The van der Waals surface area contributed by atoms with Crippen molar-refractivity contribution in [3.8, 4) is 11.1 Å². The van der Waals surface area contributed by atoms with E-state index in [9.17, 15) is 14.4 Å². The topological polar surface area (TPSA) is 110 Å². The summed E-state index contributed by atoms with van der Waals surface area (Å²) < 4.78 is 17.6. The highest BCUT2D eigenvalue weighted by molar-refractivity contribution is 9.10. The van der Waals surface area contributed by atoms with Gasteiger partial charge in [-0.2, -0.15) is 0 Å². The number of pyridine rings is 1. The van der Waals surface area contributed by atoms with E-state index in [4.69, 9.17) is 0 Å². The first kappa shape index (κ1) is 27.2. The van der Waals surface area contributed by atoms with Crippen LogP contribution < -0.4 is 5.32 Å². The number of nitrogens with one attached hydrogen (secondary N) is 1. The number of nitrogens with zero attached hydrogens (tertiary/aromatic N) is 5. The Balaban J connectivity index is 1.31. The summed E-state index contributed by atoms with van der Waals surface area (Å²) in [4.78, 5) is 54.2. The number of aromatic nitrogens is 4. The highest BCUT2D eigenvalue weighted by Gasteiger charge is 2.64. The van der Waals surface area contributed by atoms with Gasteiger partial charge in [-0.3, -0.25) is 14.4 Å². The number of anilines is 1. The number of amides is 2. The third kappa shape index (κ3) is 4.81. The molecule has 0 spiro atoms. The van der Waals surface area contributed by atoms with Crippen LogP contribution in [0.4, 0.5) is 10.2 Å². The zero-order valence-corrected chi connectivity index (χ0v) is 24.6. The standard InChI is InChI=1S/C30H28BrFN6O3/c1-15-5-6-26(31)35-28(15)36-29(41)24-9-30(4)10-25(30)38(24)27(40)14-37-13-21(16(2)39)20-7-19(22(32)8-23(20)37)18-11-33-17(3)34-12-18/h5-8,11-13,24-25H,9-10,14H2,1-4H3,(H,35,36,41)/t24-,25+,30-/m0/s1. The van der Waals surface area contributed by atoms with Gasteiger partial charge in [0.05, 0.1) is 5.52 Å². The van der Waals surface area contributed by atoms with Gasteiger partial charge in [-0.1, -0.05) is 13.0 Å². The third-order valence-corrected chi connectivity index (χ3v) is 8.72. The summed E-state index contributed by atoms with van der Waals surface area (Å²) in [5.74, 6) is -0.277. The molecule has 1 saturated heterocycles. The zero-order chi connectivity index (χ0) is 29.2. The molecule has 1 saturated carbocycles. The van der Waals surface area contributed by atoms with Crippen molar-refractivity contribution in [3.05, 3.63) is 70.2 Å². The van der Waals surface area contributed by atoms with Gasteiger partial charge in [0, 0.05) is 46.7 Å². The molecule has 4 heterocycles. The van der Waals surface area contributed by atoms with Crippen molar-refractivity contribution in [1.29, 1.82) is 0 Å². The lowest BCUT2D eigenvalue weighted by Gasteiger charge is -2.27. The van der Waals surface area contributed by atoms with Crippen LogP contribution in [0.25, 0.3) is 22.0 Å². The fourth-order valence-electron chi connectivity index (χ4n) is 5.89. The van der Waals surface area contributed by atoms with Crippen LogP contribution in [-0.4, -0.2) is 54.1 Å². The summed E-state index contributed by atoms with van der Waals surface area (Å²) in [5.41, 5.74) is 2.24. The van der Waals surface area contributed by atoms with Crippen LogP contribution in [0.3, 0.4) is 0 Å². The van der Waals surface area contributed by atoms with Gasteiger partial charge < -0.3 is 14.8 Å². The molecule has 0 unspecified atom stereocenters. The quantitative estimate of drug-likeness (QED) is 0.234. The number of Topliss-reactive ketones (excluding diaryl/α,β-unsaturated/α-hetero) is 1. The molecule has 3 aromatic heterocycles. The lowest BCUT2D eigenvalue weighted by Crippen LogP contribution is -2.46. The molecule has 2 aliphatic rings. The van der Waals surface area contributed by atoms with Crippen molar-refractivity contribution in [3.63, 3.8) is 0 Å². The molecule has 4 aromatic rings. The van der Waals surface area contributed by atoms with E-state index in [2.05, 4.69) is 43.1 Å². The summed E-state index contributed by atoms with van der Waals surface area (Å²) in [6.07, 6.45) is 6.03. The number of carbonyl (C=O) groups is 3. The summed E-state index contributed by atoms with van der Waals surface area (Å²) in [6.45, 7) is 6.98. The predicted octanol–water partition coefficient (Wildman–Crippen LogP) is 5.23. The Morgan fingerprint density at radius 3 is 2.59 bits per heavy atom. The number of ketones is 1. The second-order valence-corrected chi connectivity index (χ2v) is 12.1. The highest BCUT2D eigenvalue weighted by atomic mass is 79.9. The molecule has 2 fully saturated rings. The zero-order valence-electron chi connectivity index (χ0n) is 23.0. The number of aryl methyl sites for hydroxylation is 2. The van der Waals surface area contributed by atoms with Gasteiger partial charge in [-0.25, -0.2) is 19.3 Å². The molecule has 1 aromatic carbocycles. The number of piperidine rings is 1. The van der Waals surface area contributed by atoms with Crippen molar-refractivity contribution < 1.29 is 18.8 Å². The van der Waals surface area contributed by atoms with Crippen molar-refractivity contribution >= 4 is 50.2 Å². The molecule has 1 aliphatic heterocycles. The average molecular weight is 619 g/mol. The number of benzene rings is 1. The normalized spacial score (nSPS) is 21.2. The first-order chi connectivity index (χ1) is 19.4. The van der Waals surface area contributed by atoms with E-state index in [0.717, 1.165) is 12.0 Å². The maximum absolute atomic E-state index is 15.4. The second kappa shape index (κ2) is 9.83. The first-order valence-electron chi connectivity index (χ1n) is 13.3. The number of hydrogen-bond acceptors (Lipinski definition) is 6. The first-order valence-corrected chi connectivity index (χ1v) is 14.1. The molecule has 9 nitrogen and oxygen atoms in total. The third-order valence-electron chi connectivity index (χ3n) is 8.28. The van der Waals surface area contributed by atoms with E-state index < -0.39 is 11.9 Å². The van der Waals surface area contributed by atoms with Crippen LogP contribution in [0.15, 0.2) is 47.5 Å². The van der Waals surface area contributed by atoms with Gasteiger partial charge in [-0.15, -0.1) is 0 Å². The van der Waals surface area contributed by atoms with E-state index in [0.29, 0.717) is 44.7 Å². The molecule has 1 aliphatic carbocycles. The minimum atomic E-state index is -0.662. The maximum Gasteiger partial charge on any atom is 0.248 e. The Morgan fingerprint density at radius 1 is 1.15 bits per heavy atom. The molecule has 6 rings (SSSR count). The van der Waals surface area contributed by atoms with E-state index >= 15 is 4.39 Å². The van der Waals surface area contributed by atoms with Gasteiger partial charge >= 0.3 is 0 Å². The fraction of sp³-hybridized carbons (Fsp3) is 0.333. The lowest BCUT2D eigenvalue weighted by molar-refractivity contribution is -0.138. The van der Waals surface area contributed by atoms with E-state index in [-0.39, 0.29) is 41.2 Å². The number of carbonyl (C=O) groups excluding carboxylic acids is 3. The largest absolute Gasteiger partial charge is 0.337 e. The van der Waals surface area contributed by atoms with Gasteiger partial charge in [0.25, 0.3) is 0 Å². The molecular weight excluding hydrogens is 591 g/mol. The SMILES string of the molecule is CC(=O)c1cn(CC(=O)N2[C@H](C(=O)Nc3nc(Br)ccc3C)C[C@@]3(C)C[C@@H]23)c2cc(F)c(-c3cnc(C)nc3)cc12. The molecule has 2 amide bonds. The van der Waals surface area contributed by atoms with Crippen LogP contribution in [0.2, 0.25) is 0 Å². The summed E-state index contributed by atoms with van der Waals surface area (Å²) in [5, 5.41) is 3.43. The predicted molar refractivity (Wildman–Crippen MR) is 155 cm³/mol. The van der Waals surface area contributed by atoms with Crippen molar-refractivity contribution in [1.82, 2.24) is 24.4 Å². The Hall–Kier alpha value is -3.99. The fourth-order valence-corrected chi connectivity index (χ4v) is 6.20. The molecular formula is C30H28BrFN6O3. The Labute approximate surface area is 244 Å². The van der Waals surface area contributed by atoms with Crippen LogP contribution in [0, 0.1) is 25.1 Å². The molecule has 11 heteroatoms. The minimum absolute atomic E-state index is 0.0544. The molecule has 210 valence electrons. The van der Waals surface area contributed by atoms with E-state index in [1.54, 1.807) is 34.7 Å². The number of rotatable bonds is 6. The number of likely N-dealkylation sites (tertiary alicyclic amines) is 1. The molecule has 3 atom stereocenters. The summed E-state index contributed by atoms with van der Waals surface area (Å²) in [7, 11) is 0. The van der Waals surface area contributed by atoms with Crippen LogP contribution >= 0.6 is 15.9 Å². The number of fused-ring (bicyclic) bond motifs is 2. The van der Waals surface area contributed by atoms with Crippen molar-refractivity contribution in [2.45, 2.75) is 59.2 Å². The van der Waals surface area contributed by atoms with Gasteiger partial charge in [0.1, 0.15) is 34.6 Å². The van der Waals surface area contributed by atoms with Gasteiger partial charge in [-0.05, 0) is 78.7 Å². The molecule has 0 bridgehead atoms. The van der Waals surface area contributed by atoms with Crippen LogP contribution in [0.5, 0.6) is 0 Å². The van der Waals surface area contributed by atoms with Crippen LogP contribution in [-0.2, 0) is 16.1 Å². The monoisotopic (exact) mass is 618 g/mol. The average Bonchev–Trinajstić information content (AvgIpc) is 3.29. The van der Waals surface area contributed by atoms with Gasteiger partial charge in [0.15, 0.2) is 5.78 Å². The molecule has 0 radical (unpaired) electrons. The smallest absolute Gasteiger partial charge is 0.248 e. The highest BCUT2D eigenvalue weighted by Crippen LogP contribution is 2.59. The van der Waals surface area contributed by atoms with Crippen LogP contribution in [0.1, 0.15) is 48.4 Å². The van der Waals surface area contributed by atoms with Crippen molar-refractivity contribution in [2.75, 3.05) is 5.32 Å². The van der Waals surface area contributed by atoms with Gasteiger partial charge in [0.2, 0.25) is 11.8 Å². The second-order valence-electron chi connectivity index (χ2n) is 11.3. The summed E-state index contributed by atoms with van der Waals surface area (Å²) >= 11 is 3.34. The summed E-state index contributed by atoms with van der Waals surface area (Å²) in [6, 6.07) is 5.87. The Bertz CT molecular complexity index is 1750. The molecule has 41 heavy (non-hydrogen) atoms. The molecule has 1 N–H and O–H groups in total. The minimum Gasteiger partial charge on any atom is -0.337 e.